The van der Waals surface area contributed by atoms with Crippen molar-refractivity contribution in [3.05, 3.63) is 59.3 Å². The van der Waals surface area contributed by atoms with Gasteiger partial charge < -0.3 is 10.1 Å². The van der Waals surface area contributed by atoms with Crippen molar-refractivity contribution < 1.29 is 35.9 Å². The molecule has 1 amide bonds. The summed E-state index contributed by atoms with van der Waals surface area (Å²) in [4.78, 5) is 12.2. The summed E-state index contributed by atoms with van der Waals surface area (Å²) < 4.78 is 79.9. The molecule has 28 heavy (non-hydrogen) atoms. The lowest BCUT2D eigenvalue weighted by atomic mass is 10.0. The molecule has 0 aliphatic rings. The summed E-state index contributed by atoms with van der Waals surface area (Å²) in [5.74, 6) is -1.28. The van der Waals surface area contributed by atoms with Crippen molar-refractivity contribution in [3.63, 3.8) is 0 Å². The molecule has 0 unspecified atom stereocenters. The first-order chi connectivity index (χ1) is 13.0. The number of halogens is 6. The highest BCUT2D eigenvalue weighted by atomic mass is 19.4. The summed E-state index contributed by atoms with van der Waals surface area (Å²) in [6, 6.07) is 6.11. The summed E-state index contributed by atoms with van der Waals surface area (Å²) in [5, 5.41) is 8.78. The molecule has 0 spiro atoms. The Morgan fingerprint density at radius 2 is 1.71 bits per heavy atom. The van der Waals surface area contributed by atoms with Crippen LogP contribution < -0.4 is 10.1 Å². The van der Waals surface area contributed by atoms with Crippen LogP contribution in [-0.4, -0.2) is 22.5 Å². The second kappa shape index (κ2) is 7.06. The molecule has 0 fully saturated rings. The van der Waals surface area contributed by atoms with Crippen molar-refractivity contribution in [2.75, 3.05) is 0 Å². The number of hydrogen-bond acceptors (Lipinski definition) is 3. The zero-order chi connectivity index (χ0) is 20.5. The van der Waals surface area contributed by atoms with Gasteiger partial charge >= 0.3 is 12.5 Å². The number of nitrogens with one attached hydrogen (secondary N) is 2. The first-order valence-electron chi connectivity index (χ1n) is 7.71. The van der Waals surface area contributed by atoms with Crippen LogP contribution in [0.15, 0.2) is 42.6 Å². The van der Waals surface area contributed by atoms with Crippen molar-refractivity contribution in [1.82, 2.24) is 15.5 Å². The van der Waals surface area contributed by atoms with Crippen molar-refractivity contribution in [2.24, 2.45) is 0 Å². The van der Waals surface area contributed by atoms with Gasteiger partial charge in [-0.3, -0.25) is 9.89 Å². The Labute approximate surface area is 153 Å². The Balaban J connectivity index is 1.79. The monoisotopic (exact) mass is 403 g/mol. The number of carbonyl (C=O) groups is 1. The Morgan fingerprint density at radius 3 is 2.32 bits per heavy atom. The van der Waals surface area contributed by atoms with Crippen LogP contribution in [0.1, 0.15) is 21.5 Å². The quantitative estimate of drug-likeness (QED) is 0.635. The minimum atomic E-state index is -4.87. The highest BCUT2D eigenvalue weighted by Gasteiger charge is 2.34. The molecule has 0 atom stereocenters. The van der Waals surface area contributed by atoms with Crippen LogP contribution in [0.3, 0.4) is 0 Å². The lowest BCUT2D eigenvalue weighted by molar-refractivity contribution is -0.274. The molecule has 0 saturated carbocycles. The highest BCUT2D eigenvalue weighted by Crippen LogP contribution is 2.35. The first-order valence-corrected chi connectivity index (χ1v) is 7.71. The molecule has 148 valence electrons. The summed E-state index contributed by atoms with van der Waals surface area (Å²) in [6.45, 7) is -0.453. The SMILES string of the molecule is O=C(NCc1c(C(F)(F)F)ccc2[nH]ncc12)c1ccc(OC(F)(F)F)cc1. The van der Waals surface area contributed by atoms with E-state index in [4.69, 9.17) is 0 Å². The van der Waals surface area contributed by atoms with E-state index in [-0.39, 0.29) is 16.5 Å². The van der Waals surface area contributed by atoms with Gasteiger partial charge in [-0.2, -0.15) is 18.3 Å². The number of ether oxygens (including phenoxy) is 1. The normalized spacial score (nSPS) is 12.2. The van der Waals surface area contributed by atoms with Gasteiger partial charge in [0.05, 0.1) is 17.3 Å². The maximum atomic E-state index is 13.3. The summed E-state index contributed by atoms with van der Waals surface area (Å²) in [7, 11) is 0. The summed E-state index contributed by atoms with van der Waals surface area (Å²) in [6.07, 6.45) is -8.29. The predicted molar refractivity (Wildman–Crippen MR) is 85.4 cm³/mol. The molecule has 2 N–H and O–H groups in total. The van der Waals surface area contributed by atoms with Crippen LogP contribution in [0.5, 0.6) is 5.75 Å². The van der Waals surface area contributed by atoms with Crippen molar-refractivity contribution in [3.8, 4) is 5.75 Å². The number of nitrogens with zero attached hydrogens (tertiary/aromatic N) is 1. The second-order valence-electron chi connectivity index (χ2n) is 5.68. The topological polar surface area (TPSA) is 67.0 Å². The summed E-state index contributed by atoms with van der Waals surface area (Å²) >= 11 is 0. The zero-order valence-electron chi connectivity index (χ0n) is 13.8. The predicted octanol–water partition coefficient (Wildman–Crippen LogP) is 4.41. The van der Waals surface area contributed by atoms with E-state index >= 15 is 0 Å². The molecule has 0 aliphatic carbocycles. The van der Waals surface area contributed by atoms with E-state index in [9.17, 15) is 31.1 Å². The average Bonchev–Trinajstić information content (AvgIpc) is 3.06. The molecule has 0 aliphatic heterocycles. The number of aromatic nitrogens is 2. The number of alkyl halides is 6. The fourth-order valence-electron chi connectivity index (χ4n) is 2.61. The van der Waals surface area contributed by atoms with Gasteiger partial charge in [0.15, 0.2) is 0 Å². The third-order valence-electron chi connectivity index (χ3n) is 3.82. The third kappa shape index (κ3) is 4.35. The van der Waals surface area contributed by atoms with E-state index in [1.54, 1.807) is 0 Å². The molecular weight excluding hydrogens is 392 g/mol. The van der Waals surface area contributed by atoms with Gasteiger partial charge in [-0.25, -0.2) is 0 Å². The number of amides is 1. The maximum Gasteiger partial charge on any atom is 0.573 e. The van der Waals surface area contributed by atoms with Gasteiger partial charge in [-0.1, -0.05) is 0 Å². The van der Waals surface area contributed by atoms with Gasteiger partial charge in [0, 0.05) is 17.5 Å². The largest absolute Gasteiger partial charge is 0.573 e. The number of carbonyl (C=O) groups excluding carboxylic acids is 1. The van der Waals surface area contributed by atoms with Crippen LogP contribution in [0.2, 0.25) is 0 Å². The van der Waals surface area contributed by atoms with E-state index < -0.39 is 36.3 Å². The van der Waals surface area contributed by atoms with Crippen molar-refractivity contribution >= 4 is 16.8 Å². The Hall–Kier alpha value is -3.24. The number of rotatable bonds is 4. The second-order valence-corrected chi connectivity index (χ2v) is 5.68. The van der Waals surface area contributed by atoms with Crippen molar-refractivity contribution in [1.29, 1.82) is 0 Å². The Kier molecular flexibility index (Phi) is 4.92. The van der Waals surface area contributed by atoms with Gasteiger partial charge in [0.2, 0.25) is 0 Å². The minimum absolute atomic E-state index is 0.0394. The molecule has 0 radical (unpaired) electrons. The molecule has 3 rings (SSSR count). The fraction of sp³-hybridized carbons (Fsp3) is 0.176. The lowest BCUT2D eigenvalue weighted by Gasteiger charge is -2.15. The van der Waals surface area contributed by atoms with E-state index in [2.05, 4.69) is 20.3 Å². The number of benzene rings is 2. The van der Waals surface area contributed by atoms with Crippen LogP contribution in [0.25, 0.3) is 10.9 Å². The summed E-state index contributed by atoms with van der Waals surface area (Å²) in [5.41, 5.74) is -0.770. The molecular formula is C17H11F6N3O2. The first kappa shape index (κ1) is 19.5. The molecule has 0 bridgehead atoms. The molecule has 3 aromatic rings. The smallest absolute Gasteiger partial charge is 0.406 e. The van der Waals surface area contributed by atoms with Crippen LogP contribution in [0.4, 0.5) is 26.3 Å². The number of hydrogen-bond donors (Lipinski definition) is 2. The Bertz CT molecular complexity index is 993. The van der Waals surface area contributed by atoms with Crippen LogP contribution in [0, 0.1) is 0 Å². The van der Waals surface area contributed by atoms with Gasteiger partial charge in [-0.05, 0) is 42.0 Å². The number of fused-ring (bicyclic) bond motifs is 1. The number of aromatic amines is 1. The standard InChI is InChI=1S/C17H11F6N3O2/c18-16(19,20)13-5-6-14-12(8-25-26-14)11(13)7-24-15(27)9-1-3-10(4-2-9)28-17(21,22)23/h1-6,8H,7H2,(H,24,27)(H,25,26). The van der Waals surface area contributed by atoms with E-state index in [0.717, 1.165) is 30.3 Å². The molecule has 1 aromatic heterocycles. The number of H-pyrrole nitrogens is 1. The molecule has 11 heteroatoms. The maximum absolute atomic E-state index is 13.3. The third-order valence-corrected chi connectivity index (χ3v) is 3.82. The van der Waals surface area contributed by atoms with Crippen LogP contribution >= 0.6 is 0 Å². The minimum Gasteiger partial charge on any atom is -0.406 e. The molecule has 1 heterocycles. The fourth-order valence-corrected chi connectivity index (χ4v) is 2.61. The van der Waals surface area contributed by atoms with Gasteiger partial charge in [0.25, 0.3) is 5.91 Å². The zero-order valence-corrected chi connectivity index (χ0v) is 13.8. The van der Waals surface area contributed by atoms with Crippen molar-refractivity contribution in [2.45, 2.75) is 19.1 Å². The van der Waals surface area contributed by atoms with Gasteiger partial charge in [-0.15, -0.1) is 13.2 Å². The van der Waals surface area contributed by atoms with Crippen LogP contribution in [-0.2, 0) is 12.7 Å². The Morgan fingerprint density at radius 1 is 1.04 bits per heavy atom. The van der Waals surface area contributed by atoms with E-state index in [1.807, 2.05) is 0 Å². The van der Waals surface area contributed by atoms with Gasteiger partial charge in [0.1, 0.15) is 5.75 Å². The highest BCUT2D eigenvalue weighted by molar-refractivity contribution is 5.94. The van der Waals surface area contributed by atoms with E-state index in [0.29, 0.717) is 5.52 Å². The molecule has 2 aromatic carbocycles. The lowest BCUT2D eigenvalue weighted by Crippen LogP contribution is -2.24. The van der Waals surface area contributed by atoms with E-state index in [1.165, 1.54) is 12.3 Å². The average molecular weight is 403 g/mol. The molecule has 5 nitrogen and oxygen atoms in total. The molecule has 0 saturated heterocycles.